The largest absolute Gasteiger partial charge is 0.337 e. The Labute approximate surface area is 183 Å². The van der Waals surface area contributed by atoms with Crippen molar-refractivity contribution in [1.29, 1.82) is 0 Å². The van der Waals surface area contributed by atoms with E-state index in [1.54, 1.807) is 30.3 Å². The van der Waals surface area contributed by atoms with Crippen LogP contribution >= 0.6 is 15.9 Å². The van der Waals surface area contributed by atoms with Crippen molar-refractivity contribution in [2.24, 2.45) is 0 Å². The molecule has 6 nitrogen and oxygen atoms in total. The van der Waals surface area contributed by atoms with Crippen LogP contribution in [0, 0.1) is 13.8 Å². The molecule has 2 N–H and O–H groups in total. The molecular weight excluding hydrogens is 464 g/mol. The van der Waals surface area contributed by atoms with Gasteiger partial charge < -0.3 is 5.32 Å². The molecule has 0 spiro atoms. The van der Waals surface area contributed by atoms with Crippen molar-refractivity contribution in [3.63, 3.8) is 0 Å². The van der Waals surface area contributed by atoms with E-state index >= 15 is 0 Å². The third kappa shape index (κ3) is 4.29. The maximum Gasteiger partial charge on any atom is 0.263 e. The van der Waals surface area contributed by atoms with Gasteiger partial charge in [-0.1, -0.05) is 45.8 Å². The molecule has 0 saturated carbocycles. The lowest BCUT2D eigenvalue weighted by atomic mass is 10.2. The fourth-order valence-electron chi connectivity index (χ4n) is 2.92. The number of hydrogen-bond donors (Lipinski definition) is 2. The normalized spacial score (nSPS) is 11.4. The smallest absolute Gasteiger partial charge is 0.263 e. The summed E-state index contributed by atoms with van der Waals surface area (Å²) in [5.41, 5.74) is 4.04. The zero-order chi connectivity index (χ0) is 21.3. The highest BCUT2D eigenvalue weighted by molar-refractivity contribution is 9.10. The molecule has 1 aromatic heterocycles. The fraction of sp³-hybridized carbons (Fsp3) is 0.0909. The first-order chi connectivity index (χ1) is 14.3. The summed E-state index contributed by atoms with van der Waals surface area (Å²) in [4.78, 5) is 9.28. The van der Waals surface area contributed by atoms with E-state index in [-0.39, 0.29) is 10.7 Å². The summed E-state index contributed by atoms with van der Waals surface area (Å²) in [6.45, 7) is 3.88. The van der Waals surface area contributed by atoms with E-state index in [9.17, 15) is 8.42 Å². The molecule has 0 atom stereocenters. The van der Waals surface area contributed by atoms with Crippen LogP contribution in [0.4, 0.5) is 17.3 Å². The summed E-state index contributed by atoms with van der Waals surface area (Å²) in [5.74, 6) is 0.459. The van der Waals surface area contributed by atoms with E-state index in [0.717, 1.165) is 21.3 Å². The van der Waals surface area contributed by atoms with Crippen LogP contribution in [0.5, 0.6) is 0 Å². The summed E-state index contributed by atoms with van der Waals surface area (Å²) in [5, 5.41) is 3.19. The zero-order valence-electron chi connectivity index (χ0n) is 16.3. The highest BCUT2D eigenvalue weighted by Gasteiger charge is 2.19. The van der Waals surface area contributed by atoms with Crippen molar-refractivity contribution in [3.8, 4) is 0 Å². The third-order valence-corrected chi connectivity index (χ3v) is 6.80. The Morgan fingerprint density at radius 2 is 1.47 bits per heavy atom. The topological polar surface area (TPSA) is 84.0 Å². The molecule has 0 fully saturated rings. The second-order valence-corrected chi connectivity index (χ2v) is 9.45. The number of aromatic nitrogens is 2. The minimum absolute atomic E-state index is 0.134. The molecule has 0 saturated heterocycles. The van der Waals surface area contributed by atoms with E-state index < -0.39 is 10.0 Å². The van der Waals surface area contributed by atoms with Gasteiger partial charge in [0, 0.05) is 10.2 Å². The highest BCUT2D eigenvalue weighted by atomic mass is 79.9. The van der Waals surface area contributed by atoms with Crippen LogP contribution in [0.25, 0.3) is 11.0 Å². The predicted octanol–water partition coefficient (Wildman–Crippen LogP) is 5.55. The van der Waals surface area contributed by atoms with Gasteiger partial charge in [0.2, 0.25) is 0 Å². The van der Waals surface area contributed by atoms with Crippen molar-refractivity contribution in [3.05, 3.63) is 82.3 Å². The number of sulfonamides is 1. The van der Waals surface area contributed by atoms with Gasteiger partial charge in [-0.25, -0.2) is 18.4 Å². The Morgan fingerprint density at radius 3 is 2.10 bits per heavy atom. The Hall–Kier alpha value is -2.97. The van der Waals surface area contributed by atoms with Crippen molar-refractivity contribution in [2.45, 2.75) is 18.7 Å². The lowest BCUT2D eigenvalue weighted by Gasteiger charge is -2.14. The lowest BCUT2D eigenvalue weighted by Crippen LogP contribution is -2.16. The predicted molar refractivity (Wildman–Crippen MR) is 124 cm³/mol. The molecule has 0 bridgehead atoms. The fourth-order valence-corrected chi connectivity index (χ4v) is 4.18. The van der Waals surface area contributed by atoms with Gasteiger partial charge in [0.1, 0.15) is 0 Å². The SMILES string of the molecule is Cc1ccc(S(=O)(=O)Nc2nc3ccccc3nc2Nc2ccc(Br)c(C)c2)cc1. The maximum atomic E-state index is 12.9. The van der Waals surface area contributed by atoms with Crippen LogP contribution in [0.3, 0.4) is 0 Å². The quantitative estimate of drug-likeness (QED) is 0.389. The van der Waals surface area contributed by atoms with Crippen molar-refractivity contribution in [1.82, 2.24) is 9.97 Å². The first-order valence-corrected chi connectivity index (χ1v) is 11.5. The molecule has 0 radical (unpaired) electrons. The minimum Gasteiger partial charge on any atom is -0.337 e. The zero-order valence-corrected chi connectivity index (χ0v) is 18.8. The highest BCUT2D eigenvalue weighted by Crippen LogP contribution is 2.28. The third-order valence-electron chi connectivity index (χ3n) is 4.55. The van der Waals surface area contributed by atoms with Crippen molar-refractivity contribution in [2.75, 3.05) is 10.0 Å². The summed E-state index contributed by atoms with van der Waals surface area (Å²) in [6, 6.07) is 19.7. The summed E-state index contributed by atoms with van der Waals surface area (Å²) in [7, 11) is -3.83. The van der Waals surface area contributed by atoms with Gasteiger partial charge in [-0.3, -0.25) is 4.72 Å². The Bertz CT molecular complexity index is 1340. The number of anilines is 3. The van der Waals surface area contributed by atoms with Gasteiger partial charge in [0.25, 0.3) is 10.0 Å². The molecule has 152 valence electrons. The average Bonchev–Trinajstić information content (AvgIpc) is 2.71. The van der Waals surface area contributed by atoms with Gasteiger partial charge in [-0.05, 0) is 61.9 Å². The van der Waals surface area contributed by atoms with Crippen LogP contribution in [-0.4, -0.2) is 18.4 Å². The molecule has 3 aromatic carbocycles. The minimum atomic E-state index is -3.83. The van der Waals surface area contributed by atoms with Crippen LogP contribution < -0.4 is 10.0 Å². The number of nitrogens with one attached hydrogen (secondary N) is 2. The van der Waals surface area contributed by atoms with E-state index in [1.807, 2.05) is 50.2 Å². The number of fused-ring (bicyclic) bond motifs is 1. The van der Waals surface area contributed by atoms with Crippen LogP contribution in [-0.2, 0) is 10.0 Å². The first-order valence-electron chi connectivity index (χ1n) is 9.21. The van der Waals surface area contributed by atoms with Crippen LogP contribution in [0.2, 0.25) is 0 Å². The van der Waals surface area contributed by atoms with Gasteiger partial charge in [0.05, 0.1) is 15.9 Å². The number of hydrogen-bond acceptors (Lipinski definition) is 5. The molecule has 8 heteroatoms. The van der Waals surface area contributed by atoms with E-state index in [2.05, 4.69) is 35.9 Å². The molecule has 4 aromatic rings. The molecule has 30 heavy (non-hydrogen) atoms. The van der Waals surface area contributed by atoms with Crippen molar-refractivity contribution >= 4 is 54.3 Å². The number of benzene rings is 3. The van der Waals surface area contributed by atoms with Gasteiger partial charge in [-0.15, -0.1) is 0 Å². The molecule has 1 heterocycles. The first kappa shape index (κ1) is 20.3. The van der Waals surface area contributed by atoms with Crippen LogP contribution in [0.1, 0.15) is 11.1 Å². The number of rotatable bonds is 5. The molecular formula is C22H19BrN4O2S. The Balaban J connectivity index is 1.78. The molecule has 4 rings (SSSR count). The summed E-state index contributed by atoms with van der Waals surface area (Å²) in [6.07, 6.45) is 0. The van der Waals surface area contributed by atoms with E-state index in [1.165, 1.54) is 0 Å². The van der Waals surface area contributed by atoms with Crippen LogP contribution in [0.15, 0.2) is 76.1 Å². The monoisotopic (exact) mass is 482 g/mol. The number of halogens is 1. The number of para-hydroxylation sites is 2. The summed E-state index contributed by atoms with van der Waals surface area (Å²) >= 11 is 3.49. The second-order valence-electron chi connectivity index (χ2n) is 6.92. The molecule has 0 unspecified atom stereocenters. The van der Waals surface area contributed by atoms with E-state index in [0.29, 0.717) is 16.9 Å². The Morgan fingerprint density at radius 1 is 0.833 bits per heavy atom. The van der Waals surface area contributed by atoms with Gasteiger partial charge in [0.15, 0.2) is 11.6 Å². The van der Waals surface area contributed by atoms with Gasteiger partial charge >= 0.3 is 0 Å². The molecule has 0 amide bonds. The van der Waals surface area contributed by atoms with E-state index in [4.69, 9.17) is 0 Å². The maximum absolute atomic E-state index is 12.9. The number of aryl methyl sites for hydroxylation is 2. The Kier molecular flexibility index (Phi) is 5.44. The number of nitrogens with zero attached hydrogens (tertiary/aromatic N) is 2. The molecule has 0 aliphatic rings. The van der Waals surface area contributed by atoms with Crippen molar-refractivity contribution < 1.29 is 8.42 Å². The second kappa shape index (κ2) is 8.04. The standard InChI is InChI=1S/C22H19BrN4O2S/c1-14-7-10-17(11-8-14)30(28,29)27-22-21(24-16-9-12-18(23)15(2)13-16)25-19-5-3-4-6-20(19)26-22/h3-13H,1-2H3,(H,24,25)(H,26,27). The molecule has 0 aliphatic carbocycles. The summed E-state index contributed by atoms with van der Waals surface area (Å²) < 4.78 is 29.5. The average molecular weight is 483 g/mol. The van der Waals surface area contributed by atoms with Gasteiger partial charge in [-0.2, -0.15) is 0 Å². The molecule has 0 aliphatic heterocycles. The lowest BCUT2D eigenvalue weighted by molar-refractivity contribution is 0.601.